The Bertz CT molecular complexity index is 1120. The fraction of sp³-hybridized carbons (Fsp3) is 0.300. The molecule has 1 amide bonds. The average Bonchev–Trinajstić information content (AvgIpc) is 2.66. The summed E-state index contributed by atoms with van der Waals surface area (Å²) in [5, 5.41) is 0.746. The van der Waals surface area contributed by atoms with Gasteiger partial charge in [-0.1, -0.05) is 18.2 Å². The first-order valence-corrected chi connectivity index (χ1v) is 9.00. The van der Waals surface area contributed by atoms with E-state index in [1.165, 1.54) is 6.07 Å². The van der Waals surface area contributed by atoms with Crippen molar-refractivity contribution in [3.8, 4) is 0 Å². The van der Waals surface area contributed by atoms with Gasteiger partial charge in [-0.3, -0.25) is 14.4 Å². The van der Waals surface area contributed by atoms with Crippen LogP contribution in [0.4, 0.5) is 0 Å². The Labute approximate surface area is 155 Å². The molecule has 0 spiro atoms. The van der Waals surface area contributed by atoms with E-state index in [0.717, 1.165) is 23.9 Å². The predicted molar refractivity (Wildman–Crippen MR) is 102 cm³/mol. The smallest absolute Gasteiger partial charge is 0.254 e. The zero-order valence-corrected chi connectivity index (χ0v) is 15.0. The highest BCUT2D eigenvalue weighted by Gasteiger charge is 2.26. The van der Waals surface area contributed by atoms with E-state index in [1.807, 2.05) is 18.2 Å². The molecule has 4 rings (SSSR count). The molecular weight excluding hydrogens is 344 g/mol. The SMILES string of the molecule is Cc1nc(C2CCN(C(=O)c3cc(=O)[nH]c4ccccc34)CC2)cc(=O)[nH]1. The molecule has 3 heterocycles. The molecule has 1 saturated heterocycles. The van der Waals surface area contributed by atoms with E-state index in [0.29, 0.717) is 30.0 Å². The summed E-state index contributed by atoms with van der Waals surface area (Å²) in [5.74, 6) is 0.628. The Morgan fingerprint density at radius 2 is 1.78 bits per heavy atom. The number of carbonyl (C=O) groups excluding carboxylic acids is 1. The molecule has 7 heteroatoms. The molecule has 0 aliphatic carbocycles. The number of aromatic amines is 2. The van der Waals surface area contributed by atoms with Gasteiger partial charge in [0.2, 0.25) is 5.56 Å². The number of para-hydroxylation sites is 1. The summed E-state index contributed by atoms with van der Waals surface area (Å²) < 4.78 is 0. The molecule has 1 aliphatic heterocycles. The van der Waals surface area contributed by atoms with Crippen LogP contribution in [0.2, 0.25) is 0 Å². The third kappa shape index (κ3) is 3.40. The number of nitrogens with one attached hydrogen (secondary N) is 2. The van der Waals surface area contributed by atoms with E-state index in [2.05, 4.69) is 15.0 Å². The van der Waals surface area contributed by atoms with Crippen molar-refractivity contribution >= 4 is 16.8 Å². The molecule has 1 fully saturated rings. The summed E-state index contributed by atoms with van der Waals surface area (Å²) in [7, 11) is 0. The first-order valence-electron chi connectivity index (χ1n) is 9.00. The normalized spacial score (nSPS) is 15.2. The molecule has 0 saturated carbocycles. The molecule has 27 heavy (non-hydrogen) atoms. The monoisotopic (exact) mass is 364 g/mol. The number of piperidine rings is 1. The minimum Gasteiger partial charge on any atom is -0.339 e. The van der Waals surface area contributed by atoms with Crippen molar-refractivity contribution in [2.45, 2.75) is 25.7 Å². The number of hydrogen-bond acceptors (Lipinski definition) is 4. The lowest BCUT2D eigenvalue weighted by Gasteiger charge is -2.32. The van der Waals surface area contributed by atoms with Gasteiger partial charge in [-0.15, -0.1) is 0 Å². The van der Waals surface area contributed by atoms with Crippen LogP contribution in [0.3, 0.4) is 0 Å². The van der Waals surface area contributed by atoms with Crippen molar-refractivity contribution in [1.82, 2.24) is 19.9 Å². The minimum absolute atomic E-state index is 0.134. The molecular formula is C20H20N4O3. The van der Waals surface area contributed by atoms with Crippen molar-refractivity contribution in [2.24, 2.45) is 0 Å². The van der Waals surface area contributed by atoms with Crippen LogP contribution in [-0.2, 0) is 0 Å². The topological polar surface area (TPSA) is 98.9 Å². The Morgan fingerprint density at radius 3 is 2.52 bits per heavy atom. The zero-order chi connectivity index (χ0) is 19.0. The maximum Gasteiger partial charge on any atom is 0.254 e. The molecule has 0 radical (unpaired) electrons. The molecule has 1 aromatic carbocycles. The number of pyridine rings is 1. The number of nitrogens with zero attached hydrogens (tertiary/aromatic N) is 2. The molecule has 0 atom stereocenters. The van der Waals surface area contributed by atoms with Gasteiger partial charge in [0.05, 0.1) is 11.3 Å². The molecule has 0 unspecified atom stereocenters. The van der Waals surface area contributed by atoms with Crippen LogP contribution in [0.1, 0.15) is 40.6 Å². The van der Waals surface area contributed by atoms with Crippen LogP contribution >= 0.6 is 0 Å². The van der Waals surface area contributed by atoms with Gasteiger partial charge >= 0.3 is 0 Å². The highest BCUT2D eigenvalue weighted by atomic mass is 16.2. The molecule has 138 valence electrons. The van der Waals surface area contributed by atoms with E-state index in [1.54, 1.807) is 24.0 Å². The van der Waals surface area contributed by atoms with Crippen LogP contribution in [0.25, 0.3) is 10.9 Å². The van der Waals surface area contributed by atoms with Gasteiger partial charge in [-0.25, -0.2) is 4.98 Å². The van der Waals surface area contributed by atoms with Crippen molar-refractivity contribution in [2.75, 3.05) is 13.1 Å². The van der Waals surface area contributed by atoms with Gasteiger partial charge < -0.3 is 14.9 Å². The number of aromatic nitrogens is 3. The Kier molecular flexibility index (Phi) is 4.35. The summed E-state index contributed by atoms with van der Waals surface area (Å²) >= 11 is 0. The van der Waals surface area contributed by atoms with E-state index < -0.39 is 0 Å². The Hall–Kier alpha value is -3.22. The summed E-state index contributed by atoms with van der Waals surface area (Å²) in [6.07, 6.45) is 1.48. The van der Waals surface area contributed by atoms with Crippen molar-refractivity contribution in [3.05, 3.63) is 74.2 Å². The number of aryl methyl sites for hydroxylation is 1. The second-order valence-corrected chi connectivity index (χ2v) is 6.91. The molecule has 2 aromatic heterocycles. The predicted octanol–water partition coefficient (Wildman–Crippen LogP) is 1.94. The standard InChI is InChI=1S/C20H20N4O3/c1-12-21-17(11-19(26)22-12)13-6-8-24(9-7-13)20(27)15-10-18(25)23-16-5-3-2-4-14(15)16/h2-5,10-11,13H,6-9H2,1H3,(H,23,25)(H,21,22,26). The largest absolute Gasteiger partial charge is 0.339 e. The van der Waals surface area contributed by atoms with Gasteiger partial charge in [0.15, 0.2) is 0 Å². The molecule has 1 aliphatic rings. The number of rotatable bonds is 2. The number of likely N-dealkylation sites (tertiary alicyclic amines) is 1. The first-order chi connectivity index (χ1) is 13.0. The van der Waals surface area contributed by atoms with E-state index in [9.17, 15) is 14.4 Å². The van der Waals surface area contributed by atoms with Crippen molar-refractivity contribution in [3.63, 3.8) is 0 Å². The highest BCUT2D eigenvalue weighted by molar-refractivity contribution is 6.05. The second kappa shape index (κ2) is 6.83. The summed E-state index contributed by atoms with van der Waals surface area (Å²) in [6, 6.07) is 10.2. The van der Waals surface area contributed by atoms with E-state index in [-0.39, 0.29) is 22.9 Å². The number of benzene rings is 1. The average molecular weight is 364 g/mol. The third-order valence-electron chi connectivity index (χ3n) is 5.06. The van der Waals surface area contributed by atoms with Gasteiger partial charge in [0.25, 0.3) is 11.5 Å². The molecule has 0 bridgehead atoms. The summed E-state index contributed by atoms with van der Waals surface area (Å²) in [6.45, 7) is 2.90. The summed E-state index contributed by atoms with van der Waals surface area (Å²) in [5.41, 5.74) is 1.44. The first kappa shape index (κ1) is 17.2. The van der Waals surface area contributed by atoms with Crippen LogP contribution < -0.4 is 11.1 Å². The molecule has 7 nitrogen and oxygen atoms in total. The molecule has 3 aromatic rings. The van der Waals surface area contributed by atoms with Crippen molar-refractivity contribution < 1.29 is 4.79 Å². The molecule has 2 N–H and O–H groups in total. The fourth-order valence-electron chi connectivity index (χ4n) is 3.74. The van der Waals surface area contributed by atoms with Gasteiger partial charge in [-0.05, 0) is 25.8 Å². The quantitative estimate of drug-likeness (QED) is 0.726. The Balaban J connectivity index is 1.56. The van der Waals surface area contributed by atoms with Crippen LogP contribution in [-0.4, -0.2) is 38.8 Å². The van der Waals surface area contributed by atoms with Gasteiger partial charge in [0.1, 0.15) is 5.82 Å². The Morgan fingerprint density at radius 1 is 1.07 bits per heavy atom. The maximum atomic E-state index is 13.0. The summed E-state index contributed by atoms with van der Waals surface area (Å²) in [4.78, 5) is 48.2. The third-order valence-corrected chi connectivity index (χ3v) is 5.06. The number of fused-ring (bicyclic) bond motifs is 1. The lowest BCUT2D eigenvalue weighted by atomic mass is 9.92. The van der Waals surface area contributed by atoms with Crippen molar-refractivity contribution in [1.29, 1.82) is 0 Å². The van der Waals surface area contributed by atoms with E-state index in [4.69, 9.17) is 0 Å². The van der Waals surface area contributed by atoms with Gasteiger partial charge in [-0.2, -0.15) is 0 Å². The van der Waals surface area contributed by atoms with Gasteiger partial charge in [0, 0.05) is 42.0 Å². The number of amides is 1. The fourth-order valence-corrected chi connectivity index (χ4v) is 3.74. The lowest BCUT2D eigenvalue weighted by molar-refractivity contribution is 0.0713. The minimum atomic E-state index is -0.282. The van der Waals surface area contributed by atoms with E-state index >= 15 is 0 Å². The van der Waals surface area contributed by atoms with Crippen LogP contribution in [0.5, 0.6) is 0 Å². The number of hydrogen-bond donors (Lipinski definition) is 2. The lowest BCUT2D eigenvalue weighted by Crippen LogP contribution is -2.38. The number of H-pyrrole nitrogens is 2. The van der Waals surface area contributed by atoms with Crippen LogP contribution in [0.15, 0.2) is 46.0 Å². The maximum absolute atomic E-state index is 13.0. The highest BCUT2D eigenvalue weighted by Crippen LogP contribution is 2.27. The second-order valence-electron chi connectivity index (χ2n) is 6.91. The number of carbonyl (C=O) groups is 1. The van der Waals surface area contributed by atoms with Crippen LogP contribution in [0, 0.1) is 6.92 Å². The zero-order valence-electron chi connectivity index (χ0n) is 15.0.